The topological polar surface area (TPSA) is 79.0 Å². The van der Waals surface area contributed by atoms with E-state index >= 15 is 0 Å². The monoisotopic (exact) mass is 465 g/mol. The minimum Gasteiger partial charge on any atom is -0.495 e. The van der Waals surface area contributed by atoms with Gasteiger partial charge in [0, 0.05) is 24.7 Å². The maximum atomic E-state index is 13.2. The third-order valence-electron chi connectivity index (χ3n) is 5.21. The van der Waals surface area contributed by atoms with Crippen LogP contribution in [0.1, 0.15) is 43.0 Å². The summed E-state index contributed by atoms with van der Waals surface area (Å²) >= 11 is 0. The number of nitrogens with one attached hydrogen (secondary N) is 1. The lowest BCUT2D eigenvalue weighted by atomic mass is 10.1. The molecule has 1 aromatic rings. The minimum absolute atomic E-state index is 0.0682. The lowest BCUT2D eigenvalue weighted by Crippen LogP contribution is -2.42. The fourth-order valence-electron chi connectivity index (χ4n) is 3.61. The van der Waals surface area contributed by atoms with Crippen LogP contribution < -0.4 is 10.1 Å². The van der Waals surface area contributed by atoms with Crippen molar-refractivity contribution in [3.8, 4) is 5.75 Å². The first-order valence-corrected chi connectivity index (χ1v) is 11.6. The first kappa shape index (κ1) is 25.4. The van der Waals surface area contributed by atoms with Gasteiger partial charge >= 0.3 is 6.18 Å². The number of carbonyl (C=O) groups is 1. The summed E-state index contributed by atoms with van der Waals surface area (Å²) < 4.78 is 70.1. The van der Waals surface area contributed by atoms with Gasteiger partial charge in [0.15, 0.2) is 0 Å². The Balaban J connectivity index is 2.06. The number of rotatable bonds is 9. The van der Waals surface area contributed by atoms with Gasteiger partial charge in [-0.3, -0.25) is 9.69 Å². The molecule has 0 bridgehead atoms. The molecule has 1 aliphatic heterocycles. The number of hydrogen-bond donors (Lipinski definition) is 1. The van der Waals surface area contributed by atoms with Crippen LogP contribution in [0, 0.1) is 0 Å². The number of piperidine rings is 1. The third-order valence-corrected chi connectivity index (χ3v) is 7.24. The second-order valence-electron chi connectivity index (χ2n) is 7.79. The van der Waals surface area contributed by atoms with Gasteiger partial charge in [-0.2, -0.15) is 17.5 Å². The van der Waals surface area contributed by atoms with E-state index in [4.69, 9.17) is 4.74 Å². The molecular weight excluding hydrogens is 435 g/mol. The third kappa shape index (κ3) is 7.08. The Kier molecular flexibility index (Phi) is 8.73. The molecule has 7 nitrogen and oxygen atoms in total. The van der Waals surface area contributed by atoms with Crippen LogP contribution >= 0.6 is 0 Å². The van der Waals surface area contributed by atoms with Gasteiger partial charge in [0.2, 0.25) is 10.0 Å². The summed E-state index contributed by atoms with van der Waals surface area (Å²) in [6.07, 6.45) is -1.44. The number of methoxy groups -OCH3 is 1. The van der Waals surface area contributed by atoms with E-state index in [1.165, 1.54) is 36.7 Å². The number of hydrogen-bond acceptors (Lipinski definition) is 5. The van der Waals surface area contributed by atoms with Crippen LogP contribution in [0.15, 0.2) is 23.1 Å². The van der Waals surface area contributed by atoms with Gasteiger partial charge in [0.25, 0.3) is 5.91 Å². The molecule has 0 aliphatic carbocycles. The van der Waals surface area contributed by atoms with Crippen LogP contribution in [0.4, 0.5) is 13.2 Å². The number of ether oxygens (including phenoxy) is 1. The standard InChI is InChI=1S/C20H30F3N3O4S/c1-15-7-4-5-12-26(15)31(28,29)18-13-16(8-9-17(18)30-3)19(27)24-10-6-11-25(2)14-20(21,22)23/h8-9,13,15H,4-7,10-12,14H2,1-3H3,(H,24,27). The van der Waals surface area contributed by atoms with Crippen molar-refractivity contribution in [3.05, 3.63) is 23.8 Å². The quantitative estimate of drug-likeness (QED) is 0.568. The van der Waals surface area contributed by atoms with Crippen LogP contribution in [0.3, 0.4) is 0 Å². The lowest BCUT2D eigenvalue weighted by Gasteiger charge is -2.32. The fraction of sp³-hybridized carbons (Fsp3) is 0.650. The molecule has 0 spiro atoms. The maximum absolute atomic E-state index is 13.2. The minimum atomic E-state index is -4.27. The Morgan fingerprint density at radius 1 is 1.32 bits per heavy atom. The first-order chi connectivity index (χ1) is 14.5. The second kappa shape index (κ2) is 10.6. The van der Waals surface area contributed by atoms with Gasteiger partial charge in [-0.1, -0.05) is 6.42 Å². The molecule has 1 unspecified atom stereocenters. The van der Waals surface area contributed by atoms with Gasteiger partial charge in [-0.05, 0) is 58.0 Å². The van der Waals surface area contributed by atoms with Crippen molar-refractivity contribution in [2.75, 3.05) is 40.3 Å². The summed E-state index contributed by atoms with van der Waals surface area (Å²) in [5.41, 5.74) is 0.146. The Labute approximate surface area is 181 Å². The van der Waals surface area contributed by atoms with E-state index in [0.717, 1.165) is 24.2 Å². The Hall–Kier alpha value is -1.85. The van der Waals surface area contributed by atoms with Gasteiger partial charge in [-0.25, -0.2) is 8.42 Å². The van der Waals surface area contributed by atoms with Crippen molar-refractivity contribution < 1.29 is 31.1 Å². The van der Waals surface area contributed by atoms with Gasteiger partial charge in [0.1, 0.15) is 10.6 Å². The number of nitrogens with zero attached hydrogens (tertiary/aromatic N) is 2. The van der Waals surface area contributed by atoms with Crippen LogP contribution in [0.5, 0.6) is 5.75 Å². The SMILES string of the molecule is COc1ccc(C(=O)NCCCN(C)CC(F)(F)F)cc1S(=O)(=O)N1CCCCC1C. The average molecular weight is 466 g/mol. The van der Waals surface area contributed by atoms with E-state index in [9.17, 15) is 26.4 Å². The number of benzene rings is 1. The molecule has 1 N–H and O–H groups in total. The van der Waals surface area contributed by atoms with Crippen molar-refractivity contribution in [1.82, 2.24) is 14.5 Å². The second-order valence-corrected chi connectivity index (χ2v) is 9.65. The smallest absolute Gasteiger partial charge is 0.401 e. The highest BCUT2D eigenvalue weighted by molar-refractivity contribution is 7.89. The van der Waals surface area contributed by atoms with Gasteiger partial charge in [-0.15, -0.1) is 0 Å². The highest BCUT2D eigenvalue weighted by Crippen LogP contribution is 2.31. The average Bonchev–Trinajstić information content (AvgIpc) is 2.69. The normalized spacial score (nSPS) is 18.2. The van der Waals surface area contributed by atoms with E-state index in [-0.39, 0.29) is 35.3 Å². The molecule has 1 heterocycles. The van der Waals surface area contributed by atoms with E-state index in [1.54, 1.807) is 0 Å². The van der Waals surface area contributed by atoms with E-state index in [2.05, 4.69) is 5.32 Å². The number of halogens is 3. The van der Waals surface area contributed by atoms with Crippen molar-refractivity contribution in [3.63, 3.8) is 0 Å². The molecule has 1 saturated heterocycles. The Morgan fingerprint density at radius 2 is 2.03 bits per heavy atom. The van der Waals surface area contributed by atoms with Crippen molar-refractivity contribution in [1.29, 1.82) is 0 Å². The summed E-state index contributed by atoms with van der Waals surface area (Å²) in [5.74, 6) is -0.340. The van der Waals surface area contributed by atoms with Crippen LogP contribution in [0.25, 0.3) is 0 Å². The molecule has 1 amide bonds. The zero-order valence-corrected chi connectivity index (χ0v) is 18.9. The summed E-state index contributed by atoms with van der Waals surface area (Å²) in [5, 5.41) is 2.63. The molecule has 2 rings (SSSR count). The van der Waals surface area contributed by atoms with Crippen molar-refractivity contribution in [2.24, 2.45) is 0 Å². The lowest BCUT2D eigenvalue weighted by molar-refractivity contribution is -0.143. The van der Waals surface area contributed by atoms with Gasteiger partial charge in [0.05, 0.1) is 13.7 Å². The van der Waals surface area contributed by atoms with Crippen LogP contribution in [-0.4, -0.2) is 76.1 Å². The van der Waals surface area contributed by atoms with Gasteiger partial charge < -0.3 is 10.1 Å². The predicted molar refractivity (Wildman–Crippen MR) is 111 cm³/mol. The summed E-state index contributed by atoms with van der Waals surface area (Å²) in [4.78, 5) is 13.5. The highest BCUT2D eigenvalue weighted by atomic mass is 32.2. The molecule has 1 aliphatic rings. The van der Waals surface area contributed by atoms with E-state index < -0.39 is 28.7 Å². The van der Waals surface area contributed by atoms with Crippen molar-refractivity contribution in [2.45, 2.75) is 49.7 Å². The zero-order valence-electron chi connectivity index (χ0n) is 18.0. The number of alkyl halides is 3. The number of amides is 1. The molecule has 1 atom stereocenters. The molecule has 1 fully saturated rings. The van der Waals surface area contributed by atoms with Crippen LogP contribution in [-0.2, 0) is 10.0 Å². The Morgan fingerprint density at radius 3 is 2.65 bits per heavy atom. The molecular formula is C20H30F3N3O4S. The zero-order chi connectivity index (χ0) is 23.2. The van der Waals surface area contributed by atoms with Crippen LogP contribution in [0.2, 0.25) is 0 Å². The number of carbonyl (C=O) groups excluding carboxylic acids is 1. The molecule has 31 heavy (non-hydrogen) atoms. The van der Waals surface area contributed by atoms with E-state index in [1.807, 2.05) is 6.92 Å². The fourth-order valence-corrected chi connectivity index (χ4v) is 5.50. The molecule has 0 saturated carbocycles. The summed E-state index contributed by atoms with van der Waals surface area (Å²) in [6, 6.07) is 4.05. The Bertz CT molecular complexity index is 862. The maximum Gasteiger partial charge on any atom is 0.401 e. The molecule has 0 aromatic heterocycles. The molecule has 11 heteroatoms. The largest absolute Gasteiger partial charge is 0.495 e. The molecule has 1 aromatic carbocycles. The van der Waals surface area contributed by atoms with E-state index in [0.29, 0.717) is 13.0 Å². The predicted octanol–water partition coefficient (Wildman–Crippen LogP) is 2.87. The first-order valence-electron chi connectivity index (χ1n) is 10.2. The number of sulfonamides is 1. The highest BCUT2D eigenvalue weighted by Gasteiger charge is 2.33. The summed E-state index contributed by atoms with van der Waals surface area (Å²) in [6.45, 7) is 1.58. The molecule has 176 valence electrons. The van der Waals surface area contributed by atoms with Crippen molar-refractivity contribution >= 4 is 15.9 Å². The molecule has 0 radical (unpaired) electrons. The summed E-state index contributed by atoms with van der Waals surface area (Å²) in [7, 11) is -1.12.